The van der Waals surface area contributed by atoms with Gasteiger partial charge in [0, 0.05) is 39.3 Å². The van der Waals surface area contributed by atoms with E-state index >= 15 is 0 Å². The van der Waals surface area contributed by atoms with Crippen molar-refractivity contribution in [3.05, 3.63) is 27.7 Å². The molecule has 0 unspecified atom stereocenters. The van der Waals surface area contributed by atoms with Gasteiger partial charge in [-0.2, -0.15) is 13.2 Å². The molecule has 2 rings (SSSR count). The Bertz CT molecular complexity index is 693. The molecule has 2 N–H and O–H groups in total. The molecule has 0 saturated carbocycles. The highest BCUT2D eigenvalue weighted by Crippen LogP contribution is 2.37. The van der Waals surface area contributed by atoms with Crippen LogP contribution in [0.1, 0.15) is 10.4 Å². The minimum Gasteiger partial charge on any atom is -0.417 e. The molecule has 0 radical (unpaired) electrons. The number of rotatable bonds is 4. The highest BCUT2D eigenvalue weighted by molar-refractivity contribution is 6.43. The predicted octanol–water partition coefficient (Wildman–Crippen LogP) is 2.18. The molecule has 0 bridgehead atoms. The van der Waals surface area contributed by atoms with E-state index in [1.807, 2.05) is 0 Å². The number of ether oxygens (including phenoxy) is 1. The first-order valence-corrected chi connectivity index (χ1v) is 8.39. The third-order valence-electron chi connectivity index (χ3n) is 3.81. The van der Waals surface area contributed by atoms with Gasteiger partial charge in [0.25, 0.3) is 5.91 Å². The molecule has 0 atom stereocenters. The van der Waals surface area contributed by atoms with Crippen LogP contribution >= 0.6 is 23.2 Å². The second kappa shape index (κ2) is 8.43. The lowest BCUT2D eigenvalue weighted by atomic mass is 10.1. The maximum absolute atomic E-state index is 12.7. The summed E-state index contributed by atoms with van der Waals surface area (Å²) in [6, 6.07) is 2.44. The smallest absolute Gasteiger partial charge is 0.417 e. The lowest BCUT2D eigenvalue weighted by Crippen LogP contribution is -2.49. The zero-order chi connectivity index (χ0) is 19.5. The summed E-state index contributed by atoms with van der Waals surface area (Å²) in [5, 5.41) is -0.571. The first-order valence-electron chi connectivity index (χ1n) is 7.64. The SMILES string of the molecule is NCCN1CCN(C(=O)c2ccc(Cl)c(Cl)c2OC(=O)C(F)(F)F)CC1. The number of esters is 1. The Morgan fingerprint density at radius 1 is 1.15 bits per heavy atom. The highest BCUT2D eigenvalue weighted by atomic mass is 35.5. The number of carbonyl (C=O) groups is 2. The molecule has 1 aliphatic heterocycles. The number of benzene rings is 1. The number of nitrogens with zero attached hydrogens (tertiary/aromatic N) is 2. The molecular weight excluding hydrogens is 398 g/mol. The van der Waals surface area contributed by atoms with Gasteiger partial charge in [-0.25, -0.2) is 4.79 Å². The van der Waals surface area contributed by atoms with Gasteiger partial charge in [-0.3, -0.25) is 9.69 Å². The molecule has 0 aromatic heterocycles. The fourth-order valence-corrected chi connectivity index (χ4v) is 2.83. The van der Waals surface area contributed by atoms with Crippen molar-refractivity contribution in [2.75, 3.05) is 39.3 Å². The van der Waals surface area contributed by atoms with Crippen LogP contribution in [0.3, 0.4) is 0 Å². The average molecular weight is 414 g/mol. The maximum Gasteiger partial charge on any atom is 0.491 e. The Kier molecular flexibility index (Phi) is 6.73. The van der Waals surface area contributed by atoms with Gasteiger partial charge in [0.05, 0.1) is 10.6 Å². The number of piperazine rings is 1. The number of hydrogen-bond acceptors (Lipinski definition) is 5. The number of halogens is 5. The molecular formula is C15H16Cl2F3N3O3. The zero-order valence-corrected chi connectivity index (χ0v) is 15.0. The first-order chi connectivity index (χ1) is 12.1. The average Bonchev–Trinajstić information content (AvgIpc) is 2.58. The molecule has 1 aliphatic rings. The van der Waals surface area contributed by atoms with E-state index in [9.17, 15) is 22.8 Å². The largest absolute Gasteiger partial charge is 0.491 e. The van der Waals surface area contributed by atoms with Crippen molar-refractivity contribution in [2.45, 2.75) is 6.18 Å². The monoisotopic (exact) mass is 413 g/mol. The Labute approximate surface area is 157 Å². The van der Waals surface area contributed by atoms with E-state index in [2.05, 4.69) is 9.64 Å². The van der Waals surface area contributed by atoms with Crippen LogP contribution in [0.25, 0.3) is 0 Å². The summed E-state index contributed by atoms with van der Waals surface area (Å²) >= 11 is 11.7. The summed E-state index contributed by atoms with van der Waals surface area (Å²) in [4.78, 5) is 27.4. The quantitative estimate of drug-likeness (QED) is 0.604. The van der Waals surface area contributed by atoms with Gasteiger partial charge >= 0.3 is 12.1 Å². The van der Waals surface area contributed by atoms with Gasteiger partial charge < -0.3 is 15.4 Å². The summed E-state index contributed by atoms with van der Waals surface area (Å²) < 4.78 is 41.9. The third kappa shape index (κ3) is 4.79. The fourth-order valence-electron chi connectivity index (χ4n) is 2.48. The Balaban J connectivity index is 2.24. The molecule has 1 aromatic carbocycles. The molecule has 1 amide bonds. The Morgan fingerprint density at radius 2 is 1.77 bits per heavy atom. The summed E-state index contributed by atoms with van der Waals surface area (Å²) in [7, 11) is 0. The van der Waals surface area contributed by atoms with Crippen molar-refractivity contribution in [1.29, 1.82) is 0 Å². The number of amides is 1. The van der Waals surface area contributed by atoms with E-state index in [1.54, 1.807) is 0 Å². The first kappa shape index (κ1) is 20.8. The van der Waals surface area contributed by atoms with E-state index in [0.717, 1.165) is 0 Å². The summed E-state index contributed by atoms with van der Waals surface area (Å²) in [6.45, 7) is 3.02. The Morgan fingerprint density at radius 3 is 2.31 bits per heavy atom. The molecule has 6 nitrogen and oxygen atoms in total. The van der Waals surface area contributed by atoms with Gasteiger partial charge in [0.15, 0.2) is 5.75 Å². The molecule has 144 valence electrons. The molecule has 0 spiro atoms. The van der Waals surface area contributed by atoms with Crippen LogP contribution in [0.2, 0.25) is 10.0 Å². The minimum absolute atomic E-state index is 0.138. The molecule has 26 heavy (non-hydrogen) atoms. The lowest BCUT2D eigenvalue weighted by molar-refractivity contribution is -0.189. The third-order valence-corrected chi connectivity index (χ3v) is 4.60. The lowest BCUT2D eigenvalue weighted by Gasteiger charge is -2.34. The number of nitrogens with two attached hydrogens (primary N) is 1. The van der Waals surface area contributed by atoms with Gasteiger partial charge in [-0.05, 0) is 12.1 Å². The number of hydrogen-bond donors (Lipinski definition) is 1. The summed E-state index contributed by atoms with van der Waals surface area (Å²) in [5.41, 5.74) is 5.23. The second-order valence-corrected chi connectivity index (χ2v) is 6.33. The minimum atomic E-state index is -5.24. The molecule has 0 aliphatic carbocycles. The van der Waals surface area contributed by atoms with Crippen LogP contribution in [0, 0.1) is 0 Å². The maximum atomic E-state index is 12.7. The van der Waals surface area contributed by atoms with E-state index in [1.165, 1.54) is 17.0 Å². The van der Waals surface area contributed by atoms with Crippen molar-refractivity contribution in [2.24, 2.45) is 5.73 Å². The molecule has 1 saturated heterocycles. The van der Waals surface area contributed by atoms with Gasteiger partial charge in [0.1, 0.15) is 5.02 Å². The molecule has 1 aromatic rings. The van der Waals surface area contributed by atoms with E-state index in [4.69, 9.17) is 28.9 Å². The molecule has 11 heteroatoms. The van der Waals surface area contributed by atoms with Crippen molar-refractivity contribution >= 4 is 35.1 Å². The van der Waals surface area contributed by atoms with Crippen molar-refractivity contribution < 1.29 is 27.5 Å². The topological polar surface area (TPSA) is 75.9 Å². The number of alkyl halides is 3. The van der Waals surface area contributed by atoms with Crippen LogP contribution in [0.4, 0.5) is 13.2 Å². The fraction of sp³-hybridized carbons (Fsp3) is 0.467. The van der Waals surface area contributed by atoms with Gasteiger partial charge in [-0.15, -0.1) is 0 Å². The second-order valence-electron chi connectivity index (χ2n) is 5.55. The van der Waals surface area contributed by atoms with Crippen LogP contribution in [0.15, 0.2) is 12.1 Å². The molecule has 1 heterocycles. The normalized spacial score (nSPS) is 15.8. The summed E-state index contributed by atoms with van der Waals surface area (Å²) in [6.07, 6.45) is -5.24. The van der Waals surface area contributed by atoms with E-state index in [0.29, 0.717) is 39.3 Å². The highest BCUT2D eigenvalue weighted by Gasteiger charge is 2.42. The summed E-state index contributed by atoms with van der Waals surface area (Å²) in [5.74, 6) is -3.78. The number of carbonyl (C=O) groups excluding carboxylic acids is 2. The molecule has 1 fully saturated rings. The van der Waals surface area contributed by atoms with Crippen molar-refractivity contribution in [3.63, 3.8) is 0 Å². The van der Waals surface area contributed by atoms with Gasteiger partial charge in [0.2, 0.25) is 0 Å². The predicted molar refractivity (Wildman–Crippen MR) is 89.5 cm³/mol. The van der Waals surface area contributed by atoms with Crippen LogP contribution in [-0.2, 0) is 4.79 Å². The van der Waals surface area contributed by atoms with Crippen LogP contribution in [-0.4, -0.2) is 67.1 Å². The zero-order valence-electron chi connectivity index (χ0n) is 13.5. The van der Waals surface area contributed by atoms with E-state index in [-0.39, 0.29) is 10.6 Å². The van der Waals surface area contributed by atoms with Crippen molar-refractivity contribution in [1.82, 2.24) is 9.80 Å². The Hall–Kier alpha value is -1.55. The van der Waals surface area contributed by atoms with Crippen molar-refractivity contribution in [3.8, 4) is 5.75 Å². The van der Waals surface area contributed by atoms with Crippen LogP contribution in [0.5, 0.6) is 5.75 Å². The van der Waals surface area contributed by atoms with Crippen LogP contribution < -0.4 is 10.5 Å². The standard InChI is InChI=1S/C15H16Cl2F3N3O3/c16-10-2-1-9(12(11(10)17)26-14(25)15(18,19)20)13(24)23-7-5-22(4-3-21)6-8-23/h1-2H,3-8,21H2. The van der Waals surface area contributed by atoms with E-state index < -0.39 is 28.8 Å². The van der Waals surface area contributed by atoms with Gasteiger partial charge in [-0.1, -0.05) is 23.2 Å².